The summed E-state index contributed by atoms with van der Waals surface area (Å²) in [6, 6.07) is 73.8. The van der Waals surface area contributed by atoms with E-state index < -0.39 is 0 Å². The molecule has 0 bridgehead atoms. The maximum Gasteiger partial charge on any atom is 0.0544 e. The Bertz CT molecular complexity index is 3430. The summed E-state index contributed by atoms with van der Waals surface area (Å²) < 4.78 is 2.50. The van der Waals surface area contributed by atoms with Gasteiger partial charge < -0.3 is 4.57 Å². The van der Waals surface area contributed by atoms with Crippen molar-refractivity contribution in [2.24, 2.45) is 0 Å². The Kier molecular flexibility index (Phi) is 8.84. The third kappa shape index (κ3) is 6.36. The highest BCUT2D eigenvalue weighted by atomic mass is 15.0. The average Bonchev–Trinajstić information content (AvgIpc) is 3.81. The van der Waals surface area contributed by atoms with Crippen LogP contribution < -0.4 is 0 Å². The van der Waals surface area contributed by atoms with E-state index in [0.29, 0.717) is 0 Å². The second-order valence-electron chi connectivity index (χ2n) is 17.5. The van der Waals surface area contributed by atoms with Gasteiger partial charge in [0.25, 0.3) is 0 Å². The highest BCUT2D eigenvalue weighted by Crippen LogP contribution is 2.51. The van der Waals surface area contributed by atoms with Gasteiger partial charge in [-0.2, -0.15) is 0 Å². The van der Waals surface area contributed by atoms with Crippen molar-refractivity contribution in [2.45, 2.75) is 19.3 Å². The largest absolute Gasteiger partial charge is 0.309 e. The van der Waals surface area contributed by atoms with E-state index in [4.69, 9.17) is 0 Å². The first-order chi connectivity index (χ1) is 31.5. The summed E-state index contributed by atoms with van der Waals surface area (Å²) in [4.78, 5) is 8.49. The Balaban J connectivity index is 1.06. The molecule has 0 fully saturated rings. The van der Waals surface area contributed by atoms with E-state index in [1.165, 1.54) is 77.4 Å². The van der Waals surface area contributed by atoms with Crippen molar-refractivity contribution in [2.75, 3.05) is 0 Å². The van der Waals surface area contributed by atoms with Gasteiger partial charge in [0.1, 0.15) is 0 Å². The van der Waals surface area contributed by atoms with E-state index in [-0.39, 0.29) is 5.41 Å². The minimum Gasteiger partial charge on any atom is -0.309 e. The van der Waals surface area contributed by atoms with Gasteiger partial charge in [0.05, 0.1) is 11.0 Å². The first-order valence-electron chi connectivity index (χ1n) is 22.0. The van der Waals surface area contributed by atoms with Gasteiger partial charge in [-0.25, -0.2) is 0 Å². The van der Waals surface area contributed by atoms with E-state index in [2.05, 4.69) is 229 Å². The lowest BCUT2D eigenvalue weighted by molar-refractivity contribution is 0.661. The van der Waals surface area contributed by atoms with Crippen molar-refractivity contribution in [1.29, 1.82) is 0 Å². The highest BCUT2D eigenvalue weighted by Gasteiger charge is 2.36. The second kappa shape index (κ2) is 15.0. The molecule has 0 amide bonds. The standard InChI is InChI=1S/C61H43N3/c1-61(2)57-21-5-3-19-53(57)55-38-56-54-20-4-6-22-59(54)64(60(56)39-58(55)61)52-36-50(48-17-9-15-46(33-48)44-13-7-11-42(31-44)40-23-27-62-28-24-40)35-51(37-52)49-18-10-16-47(34-49)45-14-8-12-43(32-45)41-25-29-63-30-26-41/h3-39H,1-2H3. The number of benzene rings is 8. The van der Waals surface area contributed by atoms with Crippen LogP contribution in [0.3, 0.4) is 0 Å². The van der Waals surface area contributed by atoms with E-state index in [0.717, 1.165) is 39.1 Å². The van der Waals surface area contributed by atoms with Crippen LogP contribution in [-0.2, 0) is 5.41 Å². The molecule has 1 aliphatic rings. The van der Waals surface area contributed by atoms with Crippen LogP contribution in [0.4, 0.5) is 0 Å². The summed E-state index contributed by atoms with van der Waals surface area (Å²) in [7, 11) is 0. The Morgan fingerprint density at radius 3 is 1.28 bits per heavy atom. The fourth-order valence-corrected chi connectivity index (χ4v) is 10.1. The predicted molar refractivity (Wildman–Crippen MR) is 267 cm³/mol. The smallest absolute Gasteiger partial charge is 0.0544 e. The lowest BCUT2D eigenvalue weighted by Gasteiger charge is -2.22. The van der Waals surface area contributed by atoms with Gasteiger partial charge >= 0.3 is 0 Å². The number of hydrogen-bond donors (Lipinski definition) is 0. The van der Waals surface area contributed by atoms with Gasteiger partial charge in [0.15, 0.2) is 0 Å². The molecule has 8 aromatic carbocycles. The molecule has 3 heteroatoms. The molecule has 0 saturated heterocycles. The molecule has 302 valence electrons. The third-order valence-corrected chi connectivity index (χ3v) is 13.4. The molecule has 3 nitrogen and oxygen atoms in total. The summed E-state index contributed by atoms with van der Waals surface area (Å²) in [6.07, 6.45) is 7.42. The summed E-state index contributed by atoms with van der Waals surface area (Å²) in [5, 5.41) is 2.52. The van der Waals surface area contributed by atoms with Crippen LogP contribution in [0.2, 0.25) is 0 Å². The molecule has 11 aromatic rings. The van der Waals surface area contributed by atoms with Crippen LogP contribution in [0.5, 0.6) is 0 Å². The van der Waals surface area contributed by atoms with Gasteiger partial charge in [-0.05, 0) is 174 Å². The SMILES string of the molecule is CC1(C)c2ccccc2-c2cc3c4ccccc4n(-c4cc(-c5cccc(-c6cccc(-c7ccncc7)c6)c5)cc(-c5cccc(-c6cccc(-c7ccncc7)c6)c5)c4)c3cc21. The van der Waals surface area contributed by atoms with Crippen LogP contribution in [-0.4, -0.2) is 14.5 Å². The monoisotopic (exact) mass is 817 g/mol. The number of pyridine rings is 2. The molecule has 0 unspecified atom stereocenters. The van der Waals surface area contributed by atoms with Gasteiger partial charge in [0, 0.05) is 46.7 Å². The Hall–Kier alpha value is -8.14. The number of aromatic nitrogens is 3. The van der Waals surface area contributed by atoms with Gasteiger partial charge in [-0.15, -0.1) is 0 Å². The predicted octanol–water partition coefficient (Wildman–Crippen LogP) is 15.9. The Morgan fingerprint density at radius 1 is 0.312 bits per heavy atom. The molecular formula is C61H43N3. The van der Waals surface area contributed by atoms with E-state index >= 15 is 0 Å². The number of nitrogens with zero attached hydrogens (tertiary/aromatic N) is 3. The zero-order valence-electron chi connectivity index (χ0n) is 35.7. The molecule has 64 heavy (non-hydrogen) atoms. The summed E-state index contributed by atoms with van der Waals surface area (Å²) in [5.41, 5.74) is 22.8. The highest BCUT2D eigenvalue weighted by molar-refractivity contribution is 6.12. The van der Waals surface area contributed by atoms with Crippen molar-refractivity contribution >= 4 is 21.8 Å². The minimum absolute atomic E-state index is 0.126. The van der Waals surface area contributed by atoms with Crippen LogP contribution in [0.15, 0.2) is 225 Å². The zero-order valence-corrected chi connectivity index (χ0v) is 35.7. The molecule has 1 aliphatic carbocycles. The third-order valence-electron chi connectivity index (χ3n) is 13.4. The number of hydrogen-bond acceptors (Lipinski definition) is 2. The molecule has 0 spiro atoms. The molecule has 0 N–H and O–H groups in total. The zero-order chi connectivity index (χ0) is 42.8. The van der Waals surface area contributed by atoms with Crippen LogP contribution in [0, 0.1) is 0 Å². The molecule has 12 rings (SSSR count). The van der Waals surface area contributed by atoms with E-state index in [1.807, 2.05) is 24.8 Å². The molecule has 3 heterocycles. The number of fused-ring (bicyclic) bond motifs is 6. The molecule has 0 radical (unpaired) electrons. The second-order valence-corrected chi connectivity index (χ2v) is 17.5. The lowest BCUT2D eigenvalue weighted by Crippen LogP contribution is -2.15. The summed E-state index contributed by atoms with van der Waals surface area (Å²) >= 11 is 0. The van der Waals surface area contributed by atoms with Crippen LogP contribution in [0.1, 0.15) is 25.0 Å². The fourth-order valence-electron chi connectivity index (χ4n) is 10.1. The lowest BCUT2D eigenvalue weighted by atomic mass is 9.82. The molecule has 0 saturated carbocycles. The summed E-state index contributed by atoms with van der Waals surface area (Å²) in [6.45, 7) is 4.74. The van der Waals surface area contributed by atoms with E-state index in [1.54, 1.807) is 0 Å². The van der Waals surface area contributed by atoms with Crippen molar-refractivity contribution in [1.82, 2.24) is 14.5 Å². The average molecular weight is 818 g/mol. The van der Waals surface area contributed by atoms with Gasteiger partial charge in [-0.1, -0.05) is 129 Å². The molecular weight excluding hydrogens is 775 g/mol. The molecule has 3 aromatic heterocycles. The fraction of sp³-hybridized carbons (Fsp3) is 0.0492. The normalized spacial score (nSPS) is 12.7. The van der Waals surface area contributed by atoms with Crippen molar-refractivity contribution < 1.29 is 0 Å². The maximum absolute atomic E-state index is 4.25. The van der Waals surface area contributed by atoms with Crippen LogP contribution in [0.25, 0.3) is 105 Å². The maximum atomic E-state index is 4.25. The Morgan fingerprint density at radius 2 is 0.750 bits per heavy atom. The van der Waals surface area contributed by atoms with Crippen LogP contribution >= 0.6 is 0 Å². The Labute approximate surface area is 373 Å². The number of para-hydroxylation sites is 1. The molecule has 0 aliphatic heterocycles. The first kappa shape index (κ1) is 37.6. The van der Waals surface area contributed by atoms with E-state index in [9.17, 15) is 0 Å². The van der Waals surface area contributed by atoms with Crippen molar-refractivity contribution in [3.63, 3.8) is 0 Å². The van der Waals surface area contributed by atoms with Gasteiger partial charge in [0.2, 0.25) is 0 Å². The van der Waals surface area contributed by atoms with Crippen molar-refractivity contribution in [3.8, 4) is 83.6 Å². The minimum atomic E-state index is -0.126. The van der Waals surface area contributed by atoms with Crippen molar-refractivity contribution in [3.05, 3.63) is 236 Å². The molecule has 0 atom stereocenters. The first-order valence-corrected chi connectivity index (χ1v) is 22.0. The van der Waals surface area contributed by atoms with Gasteiger partial charge in [-0.3, -0.25) is 9.97 Å². The topological polar surface area (TPSA) is 30.7 Å². The number of rotatable bonds is 7. The summed E-state index contributed by atoms with van der Waals surface area (Å²) in [5.74, 6) is 0. The quantitative estimate of drug-likeness (QED) is 0.160.